The lowest BCUT2D eigenvalue weighted by molar-refractivity contribution is -0.385. The quantitative estimate of drug-likeness (QED) is 0.683. The summed E-state index contributed by atoms with van der Waals surface area (Å²) in [5.41, 5.74) is 1.50. The van der Waals surface area contributed by atoms with Crippen LogP contribution in [0.4, 0.5) is 11.4 Å². The maximum atomic E-state index is 11.4. The predicted molar refractivity (Wildman–Crippen MR) is 77.9 cm³/mol. The van der Waals surface area contributed by atoms with Crippen LogP contribution in [0.25, 0.3) is 0 Å². The molecule has 0 unspecified atom stereocenters. The van der Waals surface area contributed by atoms with E-state index in [4.69, 9.17) is 0 Å². The molecule has 21 heavy (non-hydrogen) atoms. The van der Waals surface area contributed by atoms with E-state index >= 15 is 0 Å². The second-order valence-corrected chi connectivity index (χ2v) is 6.21. The summed E-state index contributed by atoms with van der Waals surface area (Å²) < 4.78 is 0. The molecular weight excluding hydrogens is 272 g/mol. The summed E-state index contributed by atoms with van der Waals surface area (Å²) in [6.45, 7) is 3.13. The lowest BCUT2D eigenvalue weighted by Gasteiger charge is -2.34. The van der Waals surface area contributed by atoms with Gasteiger partial charge in [0.25, 0.3) is 5.69 Å². The van der Waals surface area contributed by atoms with Crippen molar-refractivity contribution in [2.24, 2.45) is 5.41 Å². The highest BCUT2D eigenvalue weighted by atomic mass is 16.6. The average molecular weight is 290 g/mol. The Labute approximate surface area is 122 Å². The Bertz CT molecular complexity index is 612. The van der Waals surface area contributed by atoms with Gasteiger partial charge in [0.05, 0.1) is 16.2 Å². The van der Waals surface area contributed by atoms with Gasteiger partial charge in [-0.1, -0.05) is 0 Å². The molecule has 1 aromatic rings. The van der Waals surface area contributed by atoms with Crippen LogP contribution in [0.2, 0.25) is 0 Å². The molecule has 2 aliphatic rings. The summed E-state index contributed by atoms with van der Waals surface area (Å²) >= 11 is 0. The first kappa shape index (κ1) is 13.9. The Hall–Kier alpha value is -2.11. The summed E-state index contributed by atoms with van der Waals surface area (Å²) in [6, 6.07) is 2.83. The number of hydrogen-bond donors (Lipinski definition) is 1. The third kappa shape index (κ3) is 2.46. The average Bonchev–Trinajstić information content (AvgIpc) is 3.18. The second-order valence-electron chi connectivity index (χ2n) is 6.21. The normalized spacial score (nSPS) is 19.6. The summed E-state index contributed by atoms with van der Waals surface area (Å²) in [5.74, 6) is -1.03. The molecule has 1 aromatic carbocycles. The maximum absolute atomic E-state index is 11.4. The summed E-state index contributed by atoms with van der Waals surface area (Å²) in [4.78, 5) is 24.1. The van der Waals surface area contributed by atoms with Crippen LogP contribution in [0.15, 0.2) is 12.1 Å². The van der Waals surface area contributed by atoms with Gasteiger partial charge in [-0.3, -0.25) is 10.1 Å². The number of nitrogens with zero attached hydrogens (tertiary/aromatic N) is 2. The Morgan fingerprint density at radius 2 is 1.90 bits per heavy atom. The first-order valence-corrected chi connectivity index (χ1v) is 7.19. The molecule has 1 N–H and O–H groups in total. The molecule has 1 spiro atoms. The van der Waals surface area contributed by atoms with Crippen LogP contribution in [-0.2, 0) is 0 Å². The number of aromatic carboxylic acids is 1. The minimum absolute atomic E-state index is 0.0123. The number of anilines is 1. The summed E-state index contributed by atoms with van der Waals surface area (Å²) in [6.07, 6.45) is 4.63. The molecule has 0 atom stereocenters. The Morgan fingerprint density at radius 1 is 1.29 bits per heavy atom. The number of carboxylic acid groups (broad SMARTS) is 1. The molecule has 0 amide bonds. The SMILES string of the molecule is Cc1cc(C(=O)O)c(N2CCC3(CC2)CC3)cc1[N+](=O)[O-]. The minimum Gasteiger partial charge on any atom is -0.478 e. The second kappa shape index (κ2) is 4.72. The molecule has 2 fully saturated rings. The number of nitro benzene ring substituents is 1. The molecule has 3 rings (SSSR count). The van der Waals surface area contributed by atoms with Gasteiger partial charge < -0.3 is 10.0 Å². The van der Waals surface area contributed by atoms with Gasteiger partial charge in [0.2, 0.25) is 0 Å². The molecule has 1 aliphatic heterocycles. The first-order chi connectivity index (χ1) is 9.92. The first-order valence-electron chi connectivity index (χ1n) is 7.19. The fraction of sp³-hybridized carbons (Fsp3) is 0.533. The Kier molecular flexibility index (Phi) is 3.11. The molecule has 0 aromatic heterocycles. The molecular formula is C15H18N2O4. The zero-order valence-corrected chi connectivity index (χ0v) is 12.0. The van der Waals surface area contributed by atoms with Crippen molar-refractivity contribution in [3.05, 3.63) is 33.4 Å². The fourth-order valence-corrected chi connectivity index (χ4v) is 3.21. The highest BCUT2D eigenvalue weighted by Crippen LogP contribution is 2.54. The van der Waals surface area contributed by atoms with Gasteiger partial charge in [-0.2, -0.15) is 0 Å². The number of benzene rings is 1. The van der Waals surface area contributed by atoms with Gasteiger partial charge in [-0.25, -0.2) is 4.79 Å². The predicted octanol–water partition coefficient (Wildman–Crippen LogP) is 2.98. The maximum Gasteiger partial charge on any atom is 0.337 e. The highest BCUT2D eigenvalue weighted by Gasteiger charge is 2.44. The van der Waals surface area contributed by atoms with Crippen LogP contribution in [-0.4, -0.2) is 29.1 Å². The number of nitro groups is 1. The largest absolute Gasteiger partial charge is 0.478 e. The molecule has 1 saturated carbocycles. The summed E-state index contributed by atoms with van der Waals surface area (Å²) in [7, 11) is 0. The van der Waals surface area contributed by atoms with Crippen molar-refractivity contribution >= 4 is 17.3 Å². The number of rotatable bonds is 3. The van der Waals surface area contributed by atoms with E-state index in [9.17, 15) is 20.0 Å². The van der Waals surface area contributed by atoms with Crippen LogP contribution in [0.1, 0.15) is 41.6 Å². The zero-order chi connectivity index (χ0) is 15.2. The topological polar surface area (TPSA) is 83.7 Å². The van der Waals surface area contributed by atoms with Crippen molar-refractivity contribution < 1.29 is 14.8 Å². The highest BCUT2D eigenvalue weighted by molar-refractivity contribution is 5.95. The van der Waals surface area contributed by atoms with Crippen LogP contribution in [0, 0.1) is 22.5 Å². The van der Waals surface area contributed by atoms with E-state index in [-0.39, 0.29) is 11.3 Å². The third-order valence-electron chi connectivity index (χ3n) is 4.86. The van der Waals surface area contributed by atoms with Gasteiger partial charge >= 0.3 is 5.97 Å². The van der Waals surface area contributed by atoms with Crippen LogP contribution < -0.4 is 4.90 Å². The van der Waals surface area contributed by atoms with E-state index in [0.717, 1.165) is 25.9 Å². The molecule has 1 heterocycles. The molecule has 6 nitrogen and oxygen atoms in total. The van der Waals surface area contributed by atoms with Gasteiger partial charge in [-0.15, -0.1) is 0 Å². The van der Waals surface area contributed by atoms with E-state index in [1.165, 1.54) is 25.0 Å². The number of piperidine rings is 1. The number of hydrogen-bond acceptors (Lipinski definition) is 4. The number of carbonyl (C=O) groups is 1. The van der Waals surface area contributed by atoms with Crippen molar-refractivity contribution in [2.75, 3.05) is 18.0 Å². The lowest BCUT2D eigenvalue weighted by Crippen LogP contribution is -2.35. The molecule has 0 radical (unpaired) electrons. The standard InChI is InChI=1S/C15H18N2O4/c1-10-8-11(14(18)19)13(9-12(10)17(20)21)16-6-4-15(2-3-15)5-7-16/h8-9H,2-7H2,1H3,(H,18,19). The third-order valence-corrected chi connectivity index (χ3v) is 4.86. The van der Waals surface area contributed by atoms with Gasteiger partial charge in [-0.05, 0) is 44.1 Å². The minimum atomic E-state index is -1.03. The van der Waals surface area contributed by atoms with Crippen molar-refractivity contribution in [3.63, 3.8) is 0 Å². The van der Waals surface area contributed by atoms with Crippen LogP contribution >= 0.6 is 0 Å². The van der Waals surface area contributed by atoms with Crippen molar-refractivity contribution in [1.82, 2.24) is 0 Å². The van der Waals surface area contributed by atoms with E-state index in [1.807, 2.05) is 4.90 Å². The fourth-order valence-electron chi connectivity index (χ4n) is 3.21. The van der Waals surface area contributed by atoms with E-state index in [1.54, 1.807) is 6.92 Å². The van der Waals surface area contributed by atoms with E-state index in [0.29, 0.717) is 16.7 Å². The molecule has 0 bridgehead atoms. The van der Waals surface area contributed by atoms with Crippen molar-refractivity contribution in [2.45, 2.75) is 32.6 Å². The van der Waals surface area contributed by atoms with E-state index in [2.05, 4.69) is 0 Å². The van der Waals surface area contributed by atoms with E-state index < -0.39 is 10.9 Å². The smallest absolute Gasteiger partial charge is 0.337 e. The van der Waals surface area contributed by atoms with Gasteiger partial charge in [0.1, 0.15) is 0 Å². The van der Waals surface area contributed by atoms with Gasteiger partial charge in [0.15, 0.2) is 0 Å². The number of aryl methyl sites for hydroxylation is 1. The van der Waals surface area contributed by atoms with Crippen molar-refractivity contribution in [3.8, 4) is 0 Å². The molecule has 6 heteroatoms. The molecule has 1 saturated heterocycles. The molecule has 112 valence electrons. The van der Waals surface area contributed by atoms with Crippen LogP contribution in [0.3, 0.4) is 0 Å². The lowest BCUT2D eigenvalue weighted by atomic mass is 9.92. The summed E-state index contributed by atoms with van der Waals surface area (Å²) in [5, 5.41) is 20.5. The van der Waals surface area contributed by atoms with Gasteiger partial charge in [0, 0.05) is 24.7 Å². The van der Waals surface area contributed by atoms with Crippen LogP contribution in [0.5, 0.6) is 0 Å². The Morgan fingerprint density at radius 3 is 2.38 bits per heavy atom. The number of carboxylic acids is 1. The monoisotopic (exact) mass is 290 g/mol. The zero-order valence-electron chi connectivity index (χ0n) is 12.0. The molecule has 1 aliphatic carbocycles. The Balaban J connectivity index is 1.96. The van der Waals surface area contributed by atoms with Crippen molar-refractivity contribution in [1.29, 1.82) is 0 Å².